The Hall–Kier alpha value is -0.0400. The highest BCUT2D eigenvalue weighted by atomic mass is 16.3. The van der Waals surface area contributed by atoms with Gasteiger partial charge < -0.3 is 5.11 Å². The lowest BCUT2D eigenvalue weighted by Gasteiger charge is -2.33. The van der Waals surface area contributed by atoms with E-state index in [0.717, 1.165) is 6.42 Å². The highest BCUT2D eigenvalue weighted by Crippen LogP contribution is 2.40. The molecule has 1 rings (SSSR count). The van der Waals surface area contributed by atoms with Gasteiger partial charge in [-0.3, -0.25) is 0 Å². The van der Waals surface area contributed by atoms with Crippen LogP contribution < -0.4 is 0 Å². The number of hydrogen-bond donors (Lipinski definition) is 1. The molecule has 1 N–H and O–H groups in total. The summed E-state index contributed by atoms with van der Waals surface area (Å²) in [4.78, 5) is 0. The van der Waals surface area contributed by atoms with E-state index in [1.54, 1.807) is 0 Å². The average molecular weight is 141 g/mol. The molecule has 0 bridgehead atoms. The van der Waals surface area contributed by atoms with Gasteiger partial charge in [0.05, 0.1) is 6.61 Å². The van der Waals surface area contributed by atoms with E-state index in [2.05, 4.69) is 6.92 Å². The summed E-state index contributed by atoms with van der Waals surface area (Å²) in [5.74, 6) is 0. The Morgan fingerprint density at radius 3 is 2.20 bits per heavy atom. The number of aliphatic hydroxyl groups excluding tert-OH is 1. The fourth-order valence-electron chi connectivity index (χ4n) is 1.83. The molecular weight excluding hydrogens is 124 g/mol. The van der Waals surface area contributed by atoms with Crippen LogP contribution in [0.15, 0.2) is 0 Å². The largest absolute Gasteiger partial charge is 0.390 e. The SMILES string of the molecule is CCC1([CH]O)CCCCC1. The zero-order chi connectivity index (χ0) is 7.45. The molecule has 0 aliphatic heterocycles. The summed E-state index contributed by atoms with van der Waals surface area (Å²) in [7, 11) is 0. The Morgan fingerprint density at radius 2 is 1.90 bits per heavy atom. The lowest BCUT2D eigenvalue weighted by Crippen LogP contribution is -2.23. The van der Waals surface area contributed by atoms with Crippen molar-refractivity contribution in [1.29, 1.82) is 0 Å². The molecule has 0 atom stereocenters. The van der Waals surface area contributed by atoms with Crippen molar-refractivity contribution >= 4 is 0 Å². The van der Waals surface area contributed by atoms with Crippen LogP contribution in [0.1, 0.15) is 45.4 Å². The molecule has 0 spiro atoms. The maximum absolute atomic E-state index is 9.02. The van der Waals surface area contributed by atoms with Crippen LogP contribution in [0.3, 0.4) is 0 Å². The smallest absolute Gasteiger partial charge is 0.0860 e. The van der Waals surface area contributed by atoms with Crippen LogP contribution in [0.4, 0.5) is 0 Å². The summed E-state index contributed by atoms with van der Waals surface area (Å²) in [5.41, 5.74) is 0.193. The average Bonchev–Trinajstić information content (AvgIpc) is 2.06. The van der Waals surface area contributed by atoms with Crippen LogP contribution in [0, 0.1) is 12.0 Å². The maximum atomic E-state index is 9.02. The van der Waals surface area contributed by atoms with Gasteiger partial charge in [-0.15, -0.1) is 0 Å². The summed E-state index contributed by atoms with van der Waals surface area (Å²) in [6, 6.07) is 0. The van der Waals surface area contributed by atoms with Crippen molar-refractivity contribution < 1.29 is 5.11 Å². The zero-order valence-electron chi connectivity index (χ0n) is 6.77. The Balaban J connectivity index is 2.44. The molecular formula is C9H17O. The second kappa shape index (κ2) is 3.38. The molecule has 1 aliphatic rings. The third-order valence-corrected chi connectivity index (χ3v) is 2.83. The molecule has 0 aromatic rings. The second-order valence-corrected chi connectivity index (χ2v) is 3.41. The minimum Gasteiger partial charge on any atom is -0.390 e. The van der Waals surface area contributed by atoms with Crippen LogP contribution in [0.2, 0.25) is 0 Å². The predicted molar refractivity (Wildman–Crippen MR) is 42.0 cm³/mol. The third-order valence-electron chi connectivity index (χ3n) is 2.83. The highest BCUT2D eigenvalue weighted by Gasteiger charge is 2.29. The summed E-state index contributed by atoms with van der Waals surface area (Å²) in [6.45, 7) is 3.60. The third kappa shape index (κ3) is 1.51. The van der Waals surface area contributed by atoms with E-state index < -0.39 is 0 Å². The minimum absolute atomic E-state index is 0.193. The minimum atomic E-state index is 0.193. The Kier molecular flexibility index (Phi) is 2.72. The summed E-state index contributed by atoms with van der Waals surface area (Å²) in [6.07, 6.45) is 7.44. The summed E-state index contributed by atoms with van der Waals surface area (Å²) in [5, 5.41) is 9.02. The molecule has 1 radical (unpaired) electrons. The van der Waals surface area contributed by atoms with E-state index in [-0.39, 0.29) is 5.41 Å². The molecule has 1 heteroatoms. The molecule has 1 fully saturated rings. The van der Waals surface area contributed by atoms with Crippen LogP contribution in [0.5, 0.6) is 0 Å². The normalized spacial score (nSPS) is 24.6. The van der Waals surface area contributed by atoms with Gasteiger partial charge in [0.25, 0.3) is 0 Å². The first kappa shape index (κ1) is 8.06. The van der Waals surface area contributed by atoms with E-state index in [9.17, 15) is 0 Å². The van der Waals surface area contributed by atoms with Gasteiger partial charge in [-0.25, -0.2) is 0 Å². The highest BCUT2D eigenvalue weighted by molar-refractivity contribution is 4.87. The Morgan fingerprint density at radius 1 is 1.30 bits per heavy atom. The monoisotopic (exact) mass is 141 g/mol. The van der Waals surface area contributed by atoms with Gasteiger partial charge in [0, 0.05) is 0 Å². The van der Waals surface area contributed by atoms with Gasteiger partial charge in [0.15, 0.2) is 0 Å². The molecule has 0 aromatic carbocycles. The second-order valence-electron chi connectivity index (χ2n) is 3.41. The molecule has 1 nitrogen and oxygen atoms in total. The molecule has 10 heavy (non-hydrogen) atoms. The van der Waals surface area contributed by atoms with Crippen molar-refractivity contribution in [2.45, 2.75) is 45.4 Å². The van der Waals surface area contributed by atoms with Crippen molar-refractivity contribution in [2.24, 2.45) is 5.41 Å². The van der Waals surface area contributed by atoms with E-state index in [1.165, 1.54) is 38.7 Å². The molecule has 59 valence electrons. The van der Waals surface area contributed by atoms with Crippen molar-refractivity contribution in [3.63, 3.8) is 0 Å². The van der Waals surface area contributed by atoms with Gasteiger partial charge >= 0.3 is 0 Å². The van der Waals surface area contributed by atoms with Gasteiger partial charge in [0.2, 0.25) is 0 Å². The fraction of sp³-hybridized carbons (Fsp3) is 0.889. The first-order chi connectivity index (χ1) is 4.83. The van der Waals surface area contributed by atoms with Crippen LogP contribution in [-0.2, 0) is 0 Å². The predicted octanol–water partition coefficient (Wildman–Crippen LogP) is 2.88. The Bertz CT molecular complexity index is 86.9. The van der Waals surface area contributed by atoms with Crippen LogP contribution in [0.25, 0.3) is 0 Å². The van der Waals surface area contributed by atoms with E-state index in [0.29, 0.717) is 0 Å². The first-order valence-corrected chi connectivity index (χ1v) is 4.31. The summed E-state index contributed by atoms with van der Waals surface area (Å²) < 4.78 is 0. The molecule has 0 unspecified atom stereocenters. The lowest BCUT2D eigenvalue weighted by atomic mass is 9.73. The molecule has 0 aromatic heterocycles. The fourth-order valence-corrected chi connectivity index (χ4v) is 1.83. The van der Waals surface area contributed by atoms with E-state index in [4.69, 9.17) is 5.11 Å². The molecule has 1 saturated carbocycles. The van der Waals surface area contributed by atoms with Gasteiger partial charge in [-0.1, -0.05) is 26.2 Å². The van der Waals surface area contributed by atoms with Crippen molar-refractivity contribution in [3.05, 3.63) is 6.61 Å². The molecule has 0 amide bonds. The van der Waals surface area contributed by atoms with Crippen molar-refractivity contribution in [3.8, 4) is 0 Å². The number of hydrogen-bond acceptors (Lipinski definition) is 1. The van der Waals surface area contributed by atoms with Gasteiger partial charge in [-0.2, -0.15) is 0 Å². The topological polar surface area (TPSA) is 20.2 Å². The number of rotatable bonds is 2. The summed E-state index contributed by atoms with van der Waals surface area (Å²) >= 11 is 0. The standard InChI is InChI=1S/C9H17O/c1-2-9(8-10)6-4-3-5-7-9/h8,10H,2-7H2,1H3. The van der Waals surface area contributed by atoms with Crippen molar-refractivity contribution in [2.75, 3.05) is 0 Å². The quantitative estimate of drug-likeness (QED) is 0.627. The van der Waals surface area contributed by atoms with Crippen LogP contribution in [-0.4, -0.2) is 5.11 Å². The van der Waals surface area contributed by atoms with Crippen molar-refractivity contribution in [1.82, 2.24) is 0 Å². The molecule has 0 heterocycles. The van der Waals surface area contributed by atoms with E-state index in [1.807, 2.05) is 0 Å². The maximum Gasteiger partial charge on any atom is 0.0860 e. The lowest BCUT2D eigenvalue weighted by molar-refractivity contribution is 0.139. The zero-order valence-corrected chi connectivity index (χ0v) is 6.77. The van der Waals surface area contributed by atoms with Crippen LogP contribution >= 0.6 is 0 Å². The van der Waals surface area contributed by atoms with E-state index >= 15 is 0 Å². The molecule has 1 aliphatic carbocycles. The first-order valence-electron chi connectivity index (χ1n) is 4.31. The molecule has 0 saturated heterocycles. The Labute approximate surface area is 63.4 Å². The number of aliphatic hydroxyl groups is 1. The van der Waals surface area contributed by atoms with Gasteiger partial charge in [-0.05, 0) is 24.7 Å². The van der Waals surface area contributed by atoms with Gasteiger partial charge in [0.1, 0.15) is 0 Å².